The van der Waals surface area contributed by atoms with Crippen molar-refractivity contribution in [3.63, 3.8) is 0 Å². The lowest BCUT2D eigenvalue weighted by molar-refractivity contribution is -0.120. The summed E-state index contributed by atoms with van der Waals surface area (Å²) >= 11 is 0. The molecule has 0 saturated heterocycles. The number of carbonyl (C=O) groups is 1. The minimum Gasteiger partial charge on any atom is -0.393 e. The van der Waals surface area contributed by atoms with E-state index in [-0.39, 0.29) is 6.10 Å². The second-order valence-electron chi connectivity index (χ2n) is 18.5. The van der Waals surface area contributed by atoms with Gasteiger partial charge in [-0.1, -0.05) is 169 Å². The quantitative estimate of drug-likeness (QED) is 0.113. The molecule has 0 spiro atoms. The van der Waals surface area contributed by atoms with Gasteiger partial charge in [-0.2, -0.15) is 0 Å². The van der Waals surface area contributed by atoms with E-state index in [4.69, 9.17) is 0 Å². The van der Waals surface area contributed by atoms with Crippen molar-refractivity contribution in [3.05, 3.63) is 23.3 Å². The molecule has 2 nitrogen and oxygen atoms in total. The Balaban J connectivity index is 0.000000382. The molecule has 3 rings (SSSR count). The van der Waals surface area contributed by atoms with E-state index in [9.17, 15) is 9.90 Å². The Morgan fingerprint density at radius 2 is 1.25 bits per heavy atom. The predicted octanol–water partition coefficient (Wildman–Crippen LogP) is 15.7. The lowest BCUT2D eigenvalue weighted by atomic mass is 9.88. The van der Waals surface area contributed by atoms with Gasteiger partial charge in [0.1, 0.15) is 5.78 Å². The number of hydrogen-bond donors (Lipinski definition) is 1. The van der Waals surface area contributed by atoms with Crippen LogP contribution in [0.15, 0.2) is 23.3 Å². The van der Waals surface area contributed by atoms with Gasteiger partial charge in [-0.3, -0.25) is 4.79 Å². The monoisotopic (exact) mass is 713 g/mol. The van der Waals surface area contributed by atoms with Crippen LogP contribution in [0.3, 0.4) is 0 Å². The third-order valence-corrected chi connectivity index (χ3v) is 13.7. The number of hydrogen-bond acceptors (Lipinski definition) is 2. The predicted molar refractivity (Wildman–Crippen MR) is 227 cm³/mol. The van der Waals surface area contributed by atoms with Gasteiger partial charge in [-0.25, -0.2) is 0 Å². The fourth-order valence-corrected chi connectivity index (χ4v) is 8.59. The number of aliphatic hydroxyl groups is 1. The molecule has 9 atom stereocenters. The molecule has 9 unspecified atom stereocenters. The highest BCUT2D eigenvalue weighted by Crippen LogP contribution is 2.36. The van der Waals surface area contributed by atoms with Gasteiger partial charge in [0.25, 0.3) is 0 Å². The van der Waals surface area contributed by atoms with Gasteiger partial charge in [0, 0.05) is 12.3 Å². The van der Waals surface area contributed by atoms with Gasteiger partial charge < -0.3 is 5.11 Å². The van der Waals surface area contributed by atoms with Gasteiger partial charge in [-0.05, 0) is 119 Å². The third kappa shape index (κ3) is 23.5. The summed E-state index contributed by atoms with van der Waals surface area (Å²) in [5.74, 6) is 7.17. The SMILES string of the molecule is CC/C(C)=C/CC/C(C)=C/CC1CCCC1O.CCC(C)CCCC(C)CCC1CCCC1=O.CCC(C)CCCC(C)CCC1CCCC1C. The minimum absolute atomic E-state index is 0.0405. The number of rotatable bonds is 22. The molecule has 0 bridgehead atoms. The van der Waals surface area contributed by atoms with Crippen molar-refractivity contribution in [2.24, 2.45) is 47.3 Å². The van der Waals surface area contributed by atoms with E-state index in [0.717, 1.165) is 80.5 Å². The Labute approximate surface area is 321 Å². The van der Waals surface area contributed by atoms with Crippen LogP contribution in [0, 0.1) is 47.3 Å². The Morgan fingerprint density at radius 1 is 0.686 bits per heavy atom. The van der Waals surface area contributed by atoms with Crippen LogP contribution < -0.4 is 0 Å². The van der Waals surface area contributed by atoms with E-state index < -0.39 is 0 Å². The molecule has 1 N–H and O–H groups in total. The highest BCUT2D eigenvalue weighted by molar-refractivity contribution is 5.82. The summed E-state index contributed by atoms with van der Waals surface area (Å²) in [5.41, 5.74) is 2.97. The first-order valence-electron chi connectivity index (χ1n) is 22.9. The Morgan fingerprint density at radius 3 is 1.75 bits per heavy atom. The number of ketones is 1. The smallest absolute Gasteiger partial charge is 0.135 e. The Bertz CT molecular complexity index is 915. The van der Waals surface area contributed by atoms with Crippen molar-refractivity contribution in [3.8, 4) is 0 Å². The van der Waals surface area contributed by atoms with Crippen LogP contribution in [0.4, 0.5) is 0 Å². The van der Waals surface area contributed by atoms with Crippen molar-refractivity contribution in [1.29, 1.82) is 0 Å². The zero-order valence-electron chi connectivity index (χ0n) is 36.4. The van der Waals surface area contributed by atoms with E-state index in [1.807, 2.05) is 0 Å². The summed E-state index contributed by atoms with van der Waals surface area (Å²) in [7, 11) is 0. The topological polar surface area (TPSA) is 37.3 Å². The van der Waals surface area contributed by atoms with Crippen LogP contribution in [-0.4, -0.2) is 17.0 Å². The molecule has 3 saturated carbocycles. The molecule has 2 heteroatoms. The number of Topliss-reactive ketones (excluding diaryl/α,β-unsaturated/α-hetero) is 1. The van der Waals surface area contributed by atoms with Crippen molar-refractivity contribution in [2.45, 2.75) is 236 Å². The summed E-state index contributed by atoms with van der Waals surface area (Å²) in [6.45, 7) is 23.3. The minimum atomic E-state index is -0.0405. The summed E-state index contributed by atoms with van der Waals surface area (Å²) in [4.78, 5) is 11.5. The first kappa shape index (κ1) is 48.1. The second-order valence-corrected chi connectivity index (χ2v) is 18.5. The van der Waals surface area contributed by atoms with Crippen LogP contribution in [0.5, 0.6) is 0 Å². The van der Waals surface area contributed by atoms with Gasteiger partial charge in [0.05, 0.1) is 6.10 Å². The van der Waals surface area contributed by atoms with E-state index in [1.165, 1.54) is 127 Å². The normalized spacial score (nSPS) is 26.3. The molecular weight excluding hydrogens is 621 g/mol. The average Bonchev–Trinajstić information content (AvgIpc) is 3.86. The van der Waals surface area contributed by atoms with Gasteiger partial charge in [0.2, 0.25) is 0 Å². The van der Waals surface area contributed by atoms with Crippen molar-refractivity contribution < 1.29 is 9.90 Å². The van der Waals surface area contributed by atoms with Crippen molar-refractivity contribution in [2.75, 3.05) is 0 Å². The van der Waals surface area contributed by atoms with E-state index in [2.05, 4.69) is 81.4 Å². The van der Waals surface area contributed by atoms with E-state index >= 15 is 0 Å². The molecule has 300 valence electrons. The first-order valence-corrected chi connectivity index (χ1v) is 22.9. The van der Waals surface area contributed by atoms with Crippen LogP contribution in [0.2, 0.25) is 0 Å². The highest BCUT2D eigenvalue weighted by Gasteiger charge is 2.25. The zero-order chi connectivity index (χ0) is 38.0. The number of carbonyl (C=O) groups excluding carboxylic acids is 1. The molecule has 0 aromatic rings. The maximum absolute atomic E-state index is 11.5. The number of allylic oxidation sites excluding steroid dienone is 4. The molecule has 51 heavy (non-hydrogen) atoms. The van der Waals surface area contributed by atoms with E-state index in [0.29, 0.717) is 17.6 Å². The van der Waals surface area contributed by atoms with Gasteiger partial charge >= 0.3 is 0 Å². The summed E-state index contributed by atoms with van der Waals surface area (Å²) in [5, 5.41) is 9.74. The highest BCUT2D eigenvalue weighted by atomic mass is 16.3. The fourth-order valence-electron chi connectivity index (χ4n) is 8.59. The Kier molecular flexibility index (Phi) is 27.8. The average molecular weight is 713 g/mol. The van der Waals surface area contributed by atoms with Gasteiger partial charge in [0.15, 0.2) is 0 Å². The molecular formula is C49H92O2. The molecule has 3 fully saturated rings. The van der Waals surface area contributed by atoms with Crippen LogP contribution >= 0.6 is 0 Å². The lowest BCUT2D eigenvalue weighted by Gasteiger charge is -2.18. The van der Waals surface area contributed by atoms with Crippen LogP contribution in [0.25, 0.3) is 0 Å². The standard InChI is InChI=1S/C17H34.C16H30O.C16H28O/c1-5-14(2)8-6-9-15(3)12-13-17-11-7-10-16(17)4;2*1-4-13(2)7-5-8-14(3)11-12-15-9-6-10-16(15)17/h14-17H,5-13H2,1-4H3;13-15H,4-12H2,1-3H3;7,11,15-17H,4-6,8-10,12H2,1-3H3/b;;13-7+,14-11+. The summed E-state index contributed by atoms with van der Waals surface area (Å²) < 4.78 is 0. The molecule has 0 aliphatic heterocycles. The molecule has 3 aliphatic carbocycles. The molecule has 0 radical (unpaired) electrons. The first-order chi connectivity index (χ1) is 24.4. The summed E-state index contributed by atoms with van der Waals surface area (Å²) in [6.07, 6.45) is 36.8. The molecule has 0 heterocycles. The molecule has 0 amide bonds. The van der Waals surface area contributed by atoms with Gasteiger partial charge in [-0.15, -0.1) is 0 Å². The van der Waals surface area contributed by atoms with Crippen LogP contribution in [-0.2, 0) is 4.79 Å². The number of aliphatic hydroxyl groups excluding tert-OH is 1. The van der Waals surface area contributed by atoms with Crippen LogP contribution in [0.1, 0.15) is 230 Å². The third-order valence-electron chi connectivity index (χ3n) is 13.7. The maximum Gasteiger partial charge on any atom is 0.135 e. The van der Waals surface area contributed by atoms with Crippen molar-refractivity contribution >= 4 is 5.78 Å². The molecule has 0 aromatic carbocycles. The fraction of sp³-hybridized carbons (Fsp3) is 0.898. The Hall–Kier alpha value is -0.890. The lowest BCUT2D eigenvalue weighted by Crippen LogP contribution is -2.11. The maximum atomic E-state index is 11.5. The second kappa shape index (κ2) is 29.5. The van der Waals surface area contributed by atoms with E-state index in [1.54, 1.807) is 0 Å². The molecule has 0 aromatic heterocycles. The summed E-state index contributed by atoms with van der Waals surface area (Å²) in [6, 6.07) is 0. The van der Waals surface area contributed by atoms with Crippen molar-refractivity contribution in [1.82, 2.24) is 0 Å². The molecule has 3 aliphatic rings. The zero-order valence-corrected chi connectivity index (χ0v) is 36.4. The largest absolute Gasteiger partial charge is 0.393 e.